The van der Waals surface area contributed by atoms with Crippen LogP contribution < -0.4 is 0 Å². The van der Waals surface area contributed by atoms with Crippen LogP contribution in [0.15, 0.2) is 42.7 Å². The van der Waals surface area contributed by atoms with Crippen molar-refractivity contribution in [1.29, 1.82) is 0 Å². The summed E-state index contributed by atoms with van der Waals surface area (Å²) >= 11 is 0. The van der Waals surface area contributed by atoms with E-state index in [1.54, 1.807) is 17.3 Å². The topological polar surface area (TPSA) is 46.1 Å². The van der Waals surface area contributed by atoms with Crippen LogP contribution in [-0.2, 0) is 0 Å². The number of hydrogen-bond donors (Lipinski definition) is 0. The average molecular weight is 297 g/mol. The molecule has 0 unspecified atom stereocenters. The number of nitrogens with zero attached hydrogens (tertiary/aromatic N) is 3. The van der Waals surface area contributed by atoms with E-state index in [1.165, 1.54) is 0 Å². The smallest absolute Gasteiger partial charge is 0.256 e. The average Bonchev–Trinajstić information content (AvgIpc) is 2.54. The van der Waals surface area contributed by atoms with Crippen LogP contribution in [0.5, 0.6) is 0 Å². The van der Waals surface area contributed by atoms with Crippen LogP contribution in [0.1, 0.15) is 37.6 Å². The van der Waals surface area contributed by atoms with Crippen molar-refractivity contribution in [2.75, 3.05) is 7.05 Å². The van der Waals surface area contributed by atoms with Gasteiger partial charge in [-0.25, -0.2) is 9.97 Å². The molecule has 0 bridgehead atoms. The second-order valence-corrected chi connectivity index (χ2v) is 6.06. The Labute approximate surface area is 132 Å². The fourth-order valence-corrected chi connectivity index (χ4v) is 2.42. The molecule has 1 amide bonds. The molecule has 0 saturated heterocycles. The second kappa shape index (κ2) is 7.16. The maximum Gasteiger partial charge on any atom is 0.256 e. The van der Waals surface area contributed by atoms with E-state index < -0.39 is 0 Å². The molecule has 0 radical (unpaired) electrons. The van der Waals surface area contributed by atoms with Crippen molar-refractivity contribution in [3.63, 3.8) is 0 Å². The lowest BCUT2D eigenvalue weighted by Gasteiger charge is -2.26. The lowest BCUT2D eigenvalue weighted by molar-refractivity contribution is 0.0727. The van der Waals surface area contributed by atoms with Gasteiger partial charge in [0.2, 0.25) is 0 Å². The number of aromatic nitrogens is 2. The summed E-state index contributed by atoms with van der Waals surface area (Å²) < 4.78 is 0. The monoisotopic (exact) mass is 297 g/mol. The highest BCUT2D eigenvalue weighted by molar-refractivity contribution is 5.93. The Hall–Kier alpha value is -2.23. The lowest BCUT2D eigenvalue weighted by Crippen LogP contribution is -2.36. The molecule has 0 fully saturated rings. The van der Waals surface area contributed by atoms with E-state index in [9.17, 15) is 4.79 Å². The third-order valence-corrected chi connectivity index (χ3v) is 3.72. The maximum atomic E-state index is 12.5. The summed E-state index contributed by atoms with van der Waals surface area (Å²) in [6.07, 6.45) is 4.19. The molecule has 2 rings (SSSR count). The standard InChI is InChI=1S/C18H23N3O/c1-13(2)10-14(3)21(4)18(22)16-11-19-17(20-12-16)15-8-6-5-7-9-15/h5-9,11-14H,10H2,1-4H3/t14-/m0/s1. The van der Waals surface area contributed by atoms with Crippen LogP contribution in [0.2, 0.25) is 0 Å². The Morgan fingerprint density at radius 2 is 1.68 bits per heavy atom. The van der Waals surface area contributed by atoms with E-state index in [0.29, 0.717) is 17.3 Å². The van der Waals surface area contributed by atoms with Gasteiger partial charge in [-0.05, 0) is 19.3 Å². The third-order valence-electron chi connectivity index (χ3n) is 3.72. The van der Waals surface area contributed by atoms with Gasteiger partial charge in [-0.15, -0.1) is 0 Å². The Morgan fingerprint density at radius 3 is 2.23 bits per heavy atom. The molecule has 4 heteroatoms. The summed E-state index contributed by atoms with van der Waals surface area (Å²) in [6.45, 7) is 6.39. The molecule has 2 aromatic rings. The number of amides is 1. The maximum absolute atomic E-state index is 12.5. The first kappa shape index (κ1) is 16.1. The summed E-state index contributed by atoms with van der Waals surface area (Å²) in [7, 11) is 1.83. The van der Waals surface area contributed by atoms with Crippen molar-refractivity contribution in [2.24, 2.45) is 5.92 Å². The van der Waals surface area contributed by atoms with Crippen molar-refractivity contribution in [1.82, 2.24) is 14.9 Å². The van der Waals surface area contributed by atoms with Gasteiger partial charge in [0.25, 0.3) is 5.91 Å². The highest BCUT2D eigenvalue weighted by Gasteiger charge is 2.19. The normalized spacial score (nSPS) is 12.2. The van der Waals surface area contributed by atoms with Crippen molar-refractivity contribution in [3.8, 4) is 11.4 Å². The zero-order valence-corrected chi connectivity index (χ0v) is 13.7. The molecule has 0 aliphatic heterocycles. The lowest BCUT2D eigenvalue weighted by atomic mass is 10.0. The van der Waals surface area contributed by atoms with Gasteiger partial charge in [0, 0.05) is 31.0 Å². The van der Waals surface area contributed by atoms with Gasteiger partial charge >= 0.3 is 0 Å². The zero-order chi connectivity index (χ0) is 16.1. The van der Waals surface area contributed by atoms with E-state index >= 15 is 0 Å². The largest absolute Gasteiger partial charge is 0.339 e. The van der Waals surface area contributed by atoms with Crippen molar-refractivity contribution in [3.05, 3.63) is 48.3 Å². The number of carbonyl (C=O) groups is 1. The van der Waals surface area contributed by atoms with Gasteiger partial charge < -0.3 is 4.90 Å². The molecule has 0 spiro atoms. The molecule has 22 heavy (non-hydrogen) atoms. The summed E-state index contributed by atoms with van der Waals surface area (Å²) in [4.78, 5) is 22.9. The van der Waals surface area contributed by atoms with Gasteiger partial charge in [0.1, 0.15) is 0 Å². The number of carbonyl (C=O) groups excluding carboxylic acids is 1. The highest BCUT2D eigenvalue weighted by Crippen LogP contribution is 2.15. The molecule has 0 aliphatic carbocycles. The second-order valence-electron chi connectivity index (χ2n) is 6.06. The van der Waals surface area contributed by atoms with E-state index in [2.05, 4.69) is 30.7 Å². The minimum Gasteiger partial charge on any atom is -0.339 e. The van der Waals surface area contributed by atoms with Crippen molar-refractivity contribution in [2.45, 2.75) is 33.2 Å². The molecular formula is C18H23N3O. The minimum absolute atomic E-state index is 0.0345. The third kappa shape index (κ3) is 3.91. The molecule has 0 saturated carbocycles. The molecule has 1 heterocycles. The van der Waals surface area contributed by atoms with Crippen LogP contribution in [-0.4, -0.2) is 33.9 Å². The van der Waals surface area contributed by atoms with Gasteiger partial charge in [-0.1, -0.05) is 44.2 Å². The Kier molecular flexibility index (Phi) is 5.26. The zero-order valence-electron chi connectivity index (χ0n) is 13.7. The van der Waals surface area contributed by atoms with Gasteiger partial charge in [-0.2, -0.15) is 0 Å². The fourth-order valence-electron chi connectivity index (χ4n) is 2.42. The summed E-state index contributed by atoms with van der Waals surface area (Å²) in [5.41, 5.74) is 1.47. The number of rotatable bonds is 5. The Bertz CT molecular complexity index is 608. The Morgan fingerprint density at radius 1 is 1.09 bits per heavy atom. The summed E-state index contributed by atoms with van der Waals surface area (Å²) in [5.74, 6) is 1.16. The molecule has 1 aromatic carbocycles. The molecule has 0 N–H and O–H groups in total. The van der Waals surface area contributed by atoms with Crippen molar-refractivity contribution < 1.29 is 4.79 Å². The predicted octanol–water partition coefficient (Wildman–Crippen LogP) is 3.65. The first-order valence-electron chi connectivity index (χ1n) is 7.63. The van der Waals surface area contributed by atoms with Crippen LogP contribution in [0.3, 0.4) is 0 Å². The molecule has 0 aliphatic rings. The van der Waals surface area contributed by atoms with Crippen LogP contribution in [0, 0.1) is 5.92 Å². The molecular weight excluding hydrogens is 274 g/mol. The van der Waals surface area contributed by atoms with E-state index in [4.69, 9.17) is 0 Å². The van der Waals surface area contributed by atoms with Gasteiger partial charge in [-0.3, -0.25) is 4.79 Å². The predicted molar refractivity (Wildman–Crippen MR) is 88.5 cm³/mol. The van der Waals surface area contributed by atoms with E-state index in [-0.39, 0.29) is 11.9 Å². The van der Waals surface area contributed by atoms with Crippen LogP contribution in [0.25, 0.3) is 11.4 Å². The van der Waals surface area contributed by atoms with Gasteiger partial charge in [0.15, 0.2) is 5.82 Å². The number of hydrogen-bond acceptors (Lipinski definition) is 3. The molecule has 1 atom stereocenters. The minimum atomic E-state index is -0.0345. The molecule has 116 valence electrons. The first-order chi connectivity index (χ1) is 10.5. The molecule has 1 aromatic heterocycles. The Balaban J connectivity index is 2.11. The quantitative estimate of drug-likeness (QED) is 0.846. The molecule has 4 nitrogen and oxygen atoms in total. The van der Waals surface area contributed by atoms with Crippen LogP contribution in [0.4, 0.5) is 0 Å². The SMILES string of the molecule is CC(C)C[C@H](C)N(C)C(=O)c1cnc(-c2ccccc2)nc1. The van der Waals surface area contributed by atoms with Gasteiger partial charge in [0.05, 0.1) is 5.56 Å². The number of benzene rings is 1. The van der Waals surface area contributed by atoms with E-state index in [1.807, 2.05) is 37.4 Å². The summed E-state index contributed by atoms with van der Waals surface area (Å²) in [6, 6.07) is 9.94. The van der Waals surface area contributed by atoms with Crippen LogP contribution >= 0.6 is 0 Å². The highest BCUT2D eigenvalue weighted by atomic mass is 16.2. The first-order valence-corrected chi connectivity index (χ1v) is 7.63. The van der Waals surface area contributed by atoms with E-state index in [0.717, 1.165) is 12.0 Å². The summed E-state index contributed by atoms with van der Waals surface area (Å²) in [5, 5.41) is 0. The van der Waals surface area contributed by atoms with Crippen molar-refractivity contribution >= 4 is 5.91 Å². The fraction of sp³-hybridized carbons (Fsp3) is 0.389.